The number of rotatable bonds is 0. The van der Waals surface area contributed by atoms with Gasteiger partial charge in [-0.15, -0.1) is 0 Å². The molecule has 0 spiro atoms. The summed E-state index contributed by atoms with van der Waals surface area (Å²) in [6.45, 7) is 0. The van der Waals surface area contributed by atoms with Crippen molar-refractivity contribution in [3.63, 3.8) is 0 Å². The quantitative estimate of drug-likeness (QED) is 0.375. The minimum absolute atomic E-state index is 0.690. The third-order valence-corrected chi connectivity index (χ3v) is 4.19. The fraction of sp³-hybridized carbons (Fsp3) is 0.800. The smallest absolute Gasteiger partial charge is 0.0878 e. The monoisotopic (exact) mass is 148 g/mol. The van der Waals surface area contributed by atoms with Gasteiger partial charge < -0.3 is 4.74 Å². The Labute approximate surface area is 66.4 Å². The highest BCUT2D eigenvalue weighted by Crippen LogP contribution is 2.61. The molecular formula is C10H12O. The molecule has 0 aromatic heterocycles. The summed E-state index contributed by atoms with van der Waals surface area (Å²) < 4.78 is 5.59. The van der Waals surface area contributed by atoms with E-state index in [1.807, 2.05) is 0 Å². The second kappa shape index (κ2) is 1.42. The maximum Gasteiger partial charge on any atom is 0.0878 e. The molecule has 0 amide bonds. The van der Waals surface area contributed by atoms with Crippen LogP contribution in [0.4, 0.5) is 0 Å². The Bertz CT molecular complexity index is 245. The summed E-state index contributed by atoms with van der Waals surface area (Å²) in [6.07, 6.45) is 9.10. The number of fused-ring (bicyclic) bond motifs is 7. The Hall–Kier alpha value is -0.300. The topological polar surface area (TPSA) is 12.5 Å². The first kappa shape index (κ1) is 5.36. The molecule has 1 nitrogen and oxygen atoms in total. The zero-order chi connectivity index (χ0) is 7.00. The molecule has 0 aromatic rings. The molecular weight excluding hydrogens is 136 g/mol. The van der Waals surface area contributed by atoms with E-state index in [-0.39, 0.29) is 0 Å². The number of hydrogen-bond acceptors (Lipinski definition) is 1. The van der Waals surface area contributed by atoms with Gasteiger partial charge >= 0.3 is 0 Å². The molecule has 1 aliphatic heterocycles. The standard InChI is InChI=1S/C10H12O/c1-2-6-3-5(1)7-4-8-10(11-8)9(6)7/h1-2,5-10H,3-4H2. The van der Waals surface area contributed by atoms with Crippen LogP contribution < -0.4 is 0 Å². The second-order valence-corrected chi connectivity index (χ2v) is 4.56. The van der Waals surface area contributed by atoms with Crippen molar-refractivity contribution in [1.29, 1.82) is 0 Å². The van der Waals surface area contributed by atoms with Crippen LogP contribution in [-0.2, 0) is 4.74 Å². The minimum Gasteiger partial charge on any atom is -0.369 e. The Kier molecular flexibility index (Phi) is 0.695. The molecule has 0 radical (unpaired) electrons. The summed E-state index contributed by atoms with van der Waals surface area (Å²) in [5, 5.41) is 0. The molecule has 2 saturated carbocycles. The van der Waals surface area contributed by atoms with Crippen molar-refractivity contribution in [3.8, 4) is 0 Å². The first-order valence-electron chi connectivity index (χ1n) is 4.77. The van der Waals surface area contributed by atoms with E-state index >= 15 is 0 Å². The molecule has 3 aliphatic carbocycles. The molecule has 1 heteroatoms. The van der Waals surface area contributed by atoms with E-state index in [0.29, 0.717) is 12.2 Å². The number of epoxide rings is 1. The average molecular weight is 148 g/mol. The van der Waals surface area contributed by atoms with E-state index in [1.165, 1.54) is 12.8 Å². The van der Waals surface area contributed by atoms with Crippen molar-refractivity contribution in [3.05, 3.63) is 12.2 Å². The van der Waals surface area contributed by atoms with E-state index in [2.05, 4.69) is 12.2 Å². The second-order valence-electron chi connectivity index (χ2n) is 4.56. The fourth-order valence-electron chi connectivity index (χ4n) is 3.73. The molecule has 11 heavy (non-hydrogen) atoms. The third kappa shape index (κ3) is 0.478. The molecule has 6 atom stereocenters. The lowest BCUT2D eigenvalue weighted by molar-refractivity contribution is 0.192. The zero-order valence-electron chi connectivity index (χ0n) is 6.44. The molecule has 2 bridgehead atoms. The van der Waals surface area contributed by atoms with Crippen LogP contribution >= 0.6 is 0 Å². The lowest BCUT2D eigenvalue weighted by atomic mass is 9.85. The van der Waals surface area contributed by atoms with E-state index in [1.54, 1.807) is 0 Å². The van der Waals surface area contributed by atoms with Gasteiger partial charge in [-0.05, 0) is 36.5 Å². The maximum absolute atomic E-state index is 5.59. The number of hydrogen-bond donors (Lipinski definition) is 0. The third-order valence-electron chi connectivity index (χ3n) is 4.19. The van der Waals surface area contributed by atoms with Gasteiger partial charge in [-0.1, -0.05) is 12.2 Å². The SMILES string of the molecule is C1=CC2CC1C1CC3OC3C21. The van der Waals surface area contributed by atoms with Gasteiger partial charge in [0.1, 0.15) is 0 Å². The molecule has 0 N–H and O–H groups in total. The fourth-order valence-corrected chi connectivity index (χ4v) is 3.73. The van der Waals surface area contributed by atoms with Crippen LogP contribution in [0.25, 0.3) is 0 Å². The van der Waals surface area contributed by atoms with Crippen LogP contribution in [0.1, 0.15) is 12.8 Å². The Balaban J connectivity index is 1.81. The van der Waals surface area contributed by atoms with E-state index in [9.17, 15) is 0 Å². The average Bonchev–Trinajstić information content (AvgIpc) is 2.53. The van der Waals surface area contributed by atoms with Gasteiger partial charge in [0.2, 0.25) is 0 Å². The van der Waals surface area contributed by atoms with Crippen LogP contribution in [0.2, 0.25) is 0 Å². The van der Waals surface area contributed by atoms with Gasteiger partial charge in [0.05, 0.1) is 12.2 Å². The van der Waals surface area contributed by atoms with Crippen LogP contribution in [0, 0.1) is 23.7 Å². The van der Waals surface area contributed by atoms with Crippen molar-refractivity contribution in [2.24, 2.45) is 23.7 Å². The Morgan fingerprint density at radius 2 is 2.00 bits per heavy atom. The molecule has 58 valence electrons. The summed E-state index contributed by atoms with van der Waals surface area (Å²) in [5.74, 6) is 3.81. The molecule has 1 heterocycles. The number of ether oxygens (including phenoxy) is 1. The van der Waals surface area contributed by atoms with Gasteiger partial charge in [-0.25, -0.2) is 0 Å². The number of allylic oxidation sites excluding steroid dienone is 2. The van der Waals surface area contributed by atoms with Crippen molar-refractivity contribution in [1.82, 2.24) is 0 Å². The minimum atomic E-state index is 0.690. The van der Waals surface area contributed by atoms with Crippen molar-refractivity contribution >= 4 is 0 Å². The zero-order valence-corrected chi connectivity index (χ0v) is 6.44. The van der Waals surface area contributed by atoms with Crippen LogP contribution in [-0.4, -0.2) is 12.2 Å². The van der Waals surface area contributed by atoms with Crippen molar-refractivity contribution in [2.75, 3.05) is 0 Å². The molecule has 1 saturated heterocycles. The molecule has 0 aromatic carbocycles. The van der Waals surface area contributed by atoms with Gasteiger partial charge in [0, 0.05) is 0 Å². The van der Waals surface area contributed by atoms with E-state index in [0.717, 1.165) is 23.7 Å². The van der Waals surface area contributed by atoms with Gasteiger partial charge in [0.25, 0.3) is 0 Å². The van der Waals surface area contributed by atoms with Gasteiger partial charge in [-0.3, -0.25) is 0 Å². The summed E-state index contributed by atoms with van der Waals surface area (Å²) >= 11 is 0. The predicted molar refractivity (Wildman–Crippen MR) is 41.0 cm³/mol. The largest absolute Gasteiger partial charge is 0.369 e. The van der Waals surface area contributed by atoms with Gasteiger partial charge in [0.15, 0.2) is 0 Å². The van der Waals surface area contributed by atoms with Crippen molar-refractivity contribution in [2.45, 2.75) is 25.0 Å². The van der Waals surface area contributed by atoms with Crippen molar-refractivity contribution < 1.29 is 4.74 Å². The molecule has 6 unspecified atom stereocenters. The normalized spacial score (nSPS) is 68.4. The van der Waals surface area contributed by atoms with E-state index in [4.69, 9.17) is 4.74 Å². The summed E-state index contributed by atoms with van der Waals surface area (Å²) in [7, 11) is 0. The van der Waals surface area contributed by atoms with Crippen LogP contribution in [0.15, 0.2) is 12.2 Å². The highest BCUT2D eigenvalue weighted by atomic mass is 16.6. The van der Waals surface area contributed by atoms with E-state index < -0.39 is 0 Å². The molecule has 4 aliphatic rings. The molecule has 4 rings (SSSR count). The summed E-state index contributed by atoms with van der Waals surface area (Å²) in [4.78, 5) is 0. The Morgan fingerprint density at radius 3 is 2.91 bits per heavy atom. The van der Waals surface area contributed by atoms with Crippen LogP contribution in [0.5, 0.6) is 0 Å². The van der Waals surface area contributed by atoms with Gasteiger partial charge in [-0.2, -0.15) is 0 Å². The predicted octanol–water partition coefficient (Wildman–Crippen LogP) is 1.60. The highest BCUT2D eigenvalue weighted by molar-refractivity contribution is 5.21. The molecule has 3 fully saturated rings. The lowest BCUT2D eigenvalue weighted by Crippen LogP contribution is -2.19. The van der Waals surface area contributed by atoms with Crippen LogP contribution in [0.3, 0.4) is 0 Å². The summed E-state index contributed by atoms with van der Waals surface area (Å²) in [5.41, 5.74) is 0. The maximum atomic E-state index is 5.59. The first-order chi connectivity index (χ1) is 5.43. The first-order valence-corrected chi connectivity index (χ1v) is 4.77. The summed E-state index contributed by atoms with van der Waals surface area (Å²) in [6, 6.07) is 0. The highest BCUT2D eigenvalue weighted by Gasteiger charge is 2.62. The lowest BCUT2D eigenvalue weighted by Gasteiger charge is -2.21. The Morgan fingerprint density at radius 1 is 1.09 bits per heavy atom.